The van der Waals surface area contributed by atoms with Gasteiger partial charge in [-0.1, -0.05) is 67.3 Å². The third-order valence-electron chi connectivity index (χ3n) is 6.65. The predicted octanol–water partition coefficient (Wildman–Crippen LogP) is 3.79. The van der Waals surface area contributed by atoms with E-state index < -0.39 is 22.0 Å². The summed E-state index contributed by atoms with van der Waals surface area (Å²) in [5.41, 5.74) is 2.94. The lowest BCUT2D eigenvalue weighted by molar-refractivity contribution is -0.141. The number of benzene rings is 2. The van der Waals surface area contributed by atoms with E-state index in [9.17, 15) is 18.0 Å². The Balaban J connectivity index is 1.83. The Morgan fingerprint density at radius 1 is 0.971 bits per heavy atom. The van der Waals surface area contributed by atoms with Gasteiger partial charge in [-0.2, -0.15) is 4.31 Å². The van der Waals surface area contributed by atoms with Crippen LogP contribution in [0.2, 0.25) is 0 Å². The monoisotopic (exact) mass is 499 g/mol. The van der Waals surface area contributed by atoms with Crippen molar-refractivity contribution < 1.29 is 18.0 Å². The highest BCUT2D eigenvalue weighted by molar-refractivity contribution is 7.89. The minimum Gasteiger partial charge on any atom is -0.352 e. The van der Waals surface area contributed by atoms with Crippen molar-refractivity contribution in [1.82, 2.24) is 14.5 Å². The molecule has 190 valence electrons. The average molecular weight is 500 g/mol. The number of amides is 2. The van der Waals surface area contributed by atoms with Crippen LogP contribution >= 0.6 is 0 Å². The molecule has 1 N–H and O–H groups in total. The molecule has 1 saturated carbocycles. The Morgan fingerprint density at radius 2 is 1.51 bits per heavy atom. The molecule has 2 aromatic rings. The zero-order chi connectivity index (χ0) is 25.6. The Morgan fingerprint density at radius 3 is 2.06 bits per heavy atom. The van der Waals surface area contributed by atoms with E-state index in [-0.39, 0.29) is 29.9 Å². The van der Waals surface area contributed by atoms with Gasteiger partial charge in [-0.15, -0.1) is 0 Å². The summed E-state index contributed by atoms with van der Waals surface area (Å²) in [6, 6.07) is 13.8. The van der Waals surface area contributed by atoms with Gasteiger partial charge in [-0.3, -0.25) is 9.59 Å². The van der Waals surface area contributed by atoms with Crippen molar-refractivity contribution in [2.75, 3.05) is 13.6 Å². The maximum Gasteiger partial charge on any atom is 0.243 e. The van der Waals surface area contributed by atoms with Crippen molar-refractivity contribution >= 4 is 21.8 Å². The van der Waals surface area contributed by atoms with Crippen molar-refractivity contribution in [3.8, 4) is 0 Å². The maximum absolute atomic E-state index is 13.5. The van der Waals surface area contributed by atoms with Crippen molar-refractivity contribution in [2.45, 2.75) is 76.4 Å². The first-order chi connectivity index (χ1) is 16.6. The first-order valence-electron chi connectivity index (χ1n) is 12.3. The topological polar surface area (TPSA) is 86.8 Å². The van der Waals surface area contributed by atoms with Gasteiger partial charge in [0.05, 0.1) is 11.4 Å². The van der Waals surface area contributed by atoms with Gasteiger partial charge in [-0.05, 0) is 50.8 Å². The summed E-state index contributed by atoms with van der Waals surface area (Å²) in [5.74, 6) is -0.582. The standard InChI is InChI=1S/C27H37N3O4S/c1-5-25(27(32)28-23-8-6-7-9-23)30(18-22-14-10-20(2)11-15-22)26(31)19-29(4)35(33,34)24-16-12-21(3)13-17-24/h10-17,23,25H,5-9,18-19H2,1-4H3,(H,28,32)/t25-/m1/s1. The lowest BCUT2D eigenvalue weighted by Crippen LogP contribution is -2.53. The minimum absolute atomic E-state index is 0.134. The summed E-state index contributed by atoms with van der Waals surface area (Å²) < 4.78 is 27.2. The molecule has 2 amide bonds. The SMILES string of the molecule is CC[C@H](C(=O)NC1CCCC1)N(Cc1ccc(C)cc1)C(=O)CN(C)S(=O)(=O)c1ccc(C)cc1. The van der Waals surface area contributed by atoms with E-state index in [1.54, 1.807) is 24.3 Å². The Bertz CT molecular complexity index is 1110. The predicted molar refractivity (Wildman–Crippen MR) is 137 cm³/mol. The molecule has 7 nitrogen and oxygen atoms in total. The van der Waals surface area contributed by atoms with Gasteiger partial charge in [0.2, 0.25) is 21.8 Å². The molecular formula is C27H37N3O4S. The first-order valence-corrected chi connectivity index (χ1v) is 13.7. The number of nitrogens with zero attached hydrogens (tertiary/aromatic N) is 2. The number of rotatable bonds is 10. The number of sulfonamides is 1. The number of carbonyl (C=O) groups is 2. The van der Waals surface area contributed by atoms with E-state index in [0.717, 1.165) is 46.7 Å². The summed E-state index contributed by atoms with van der Waals surface area (Å²) in [6.45, 7) is 5.63. The summed E-state index contributed by atoms with van der Waals surface area (Å²) in [7, 11) is -2.45. The third kappa shape index (κ3) is 6.92. The molecule has 0 saturated heterocycles. The molecule has 0 unspecified atom stereocenters. The van der Waals surface area contributed by atoms with Crippen LogP contribution in [0.4, 0.5) is 0 Å². The minimum atomic E-state index is -3.85. The molecule has 3 rings (SSSR count). The number of hydrogen-bond acceptors (Lipinski definition) is 4. The van der Waals surface area contributed by atoms with Gasteiger partial charge in [0, 0.05) is 19.6 Å². The quantitative estimate of drug-likeness (QED) is 0.539. The van der Waals surface area contributed by atoms with E-state index in [0.29, 0.717) is 6.42 Å². The molecule has 0 heterocycles. The summed E-state index contributed by atoms with van der Waals surface area (Å²) in [6.07, 6.45) is 4.52. The molecule has 0 aliphatic heterocycles. The van der Waals surface area contributed by atoms with Crippen molar-refractivity contribution in [2.24, 2.45) is 0 Å². The maximum atomic E-state index is 13.5. The van der Waals surface area contributed by atoms with Crippen LogP contribution < -0.4 is 5.32 Å². The van der Waals surface area contributed by atoms with Crippen LogP contribution in [0.25, 0.3) is 0 Å². The molecule has 0 radical (unpaired) electrons. The highest BCUT2D eigenvalue weighted by atomic mass is 32.2. The lowest BCUT2D eigenvalue weighted by atomic mass is 10.1. The zero-order valence-corrected chi connectivity index (χ0v) is 22.0. The molecule has 1 aliphatic rings. The zero-order valence-electron chi connectivity index (χ0n) is 21.2. The number of aryl methyl sites for hydroxylation is 2. The number of hydrogen-bond donors (Lipinski definition) is 1. The number of nitrogens with one attached hydrogen (secondary N) is 1. The van der Waals surface area contributed by atoms with E-state index >= 15 is 0 Å². The molecule has 0 bridgehead atoms. The van der Waals surface area contributed by atoms with Crippen LogP contribution in [0, 0.1) is 13.8 Å². The van der Waals surface area contributed by atoms with Crippen molar-refractivity contribution in [3.05, 3.63) is 65.2 Å². The number of likely N-dealkylation sites (N-methyl/N-ethyl adjacent to an activating group) is 1. The second kappa shape index (κ2) is 11.8. The normalized spacial score (nSPS) is 15.2. The van der Waals surface area contributed by atoms with Crippen LogP contribution in [0.15, 0.2) is 53.4 Å². The molecule has 1 atom stereocenters. The summed E-state index contributed by atoms with van der Waals surface area (Å²) in [5, 5.41) is 3.11. The largest absolute Gasteiger partial charge is 0.352 e. The number of carbonyl (C=O) groups excluding carboxylic acids is 2. The Kier molecular flexibility index (Phi) is 9.08. The first kappa shape index (κ1) is 26.9. The van der Waals surface area contributed by atoms with E-state index in [4.69, 9.17) is 0 Å². The smallest absolute Gasteiger partial charge is 0.243 e. The lowest BCUT2D eigenvalue weighted by Gasteiger charge is -2.32. The van der Waals surface area contributed by atoms with Crippen molar-refractivity contribution in [3.63, 3.8) is 0 Å². The second-order valence-electron chi connectivity index (χ2n) is 9.50. The van der Waals surface area contributed by atoms with Gasteiger partial charge >= 0.3 is 0 Å². The average Bonchev–Trinajstić information content (AvgIpc) is 3.33. The molecule has 2 aromatic carbocycles. The Hall–Kier alpha value is -2.71. The Labute approximate surface area is 209 Å². The third-order valence-corrected chi connectivity index (χ3v) is 8.47. The fourth-order valence-electron chi connectivity index (χ4n) is 4.43. The van der Waals surface area contributed by atoms with Gasteiger partial charge in [-0.25, -0.2) is 8.42 Å². The van der Waals surface area contributed by atoms with Gasteiger partial charge in [0.15, 0.2) is 0 Å². The van der Waals surface area contributed by atoms with Gasteiger partial charge in [0.25, 0.3) is 0 Å². The van der Waals surface area contributed by atoms with Crippen LogP contribution in [-0.4, -0.2) is 55.1 Å². The molecule has 1 aliphatic carbocycles. The molecule has 0 spiro atoms. The van der Waals surface area contributed by atoms with Gasteiger partial charge < -0.3 is 10.2 Å². The van der Waals surface area contributed by atoms with Crippen LogP contribution in [0.1, 0.15) is 55.7 Å². The molecular weight excluding hydrogens is 462 g/mol. The van der Waals surface area contributed by atoms with Crippen LogP contribution in [-0.2, 0) is 26.2 Å². The highest BCUT2D eigenvalue weighted by Gasteiger charge is 2.33. The van der Waals surface area contributed by atoms with Gasteiger partial charge in [0.1, 0.15) is 6.04 Å². The van der Waals surface area contributed by atoms with E-state index in [2.05, 4.69) is 5.32 Å². The fourth-order valence-corrected chi connectivity index (χ4v) is 5.55. The van der Waals surface area contributed by atoms with Crippen molar-refractivity contribution in [1.29, 1.82) is 0 Å². The molecule has 35 heavy (non-hydrogen) atoms. The fraction of sp³-hybridized carbons (Fsp3) is 0.481. The molecule has 0 aromatic heterocycles. The second-order valence-corrected chi connectivity index (χ2v) is 11.5. The van der Waals surface area contributed by atoms with Crippen LogP contribution in [0.5, 0.6) is 0 Å². The van der Waals surface area contributed by atoms with E-state index in [1.807, 2.05) is 45.0 Å². The molecule has 1 fully saturated rings. The highest BCUT2D eigenvalue weighted by Crippen LogP contribution is 2.20. The summed E-state index contributed by atoms with van der Waals surface area (Å²) in [4.78, 5) is 28.4. The summed E-state index contributed by atoms with van der Waals surface area (Å²) >= 11 is 0. The van der Waals surface area contributed by atoms with Crippen LogP contribution in [0.3, 0.4) is 0 Å². The molecule has 8 heteroatoms. The van der Waals surface area contributed by atoms with E-state index in [1.165, 1.54) is 11.9 Å².